The van der Waals surface area contributed by atoms with Crippen molar-refractivity contribution in [3.05, 3.63) is 58.5 Å². The molecule has 0 saturated heterocycles. The fourth-order valence-corrected chi connectivity index (χ4v) is 4.62. The number of hydrogen-bond donors (Lipinski definition) is 1. The highest BCUT2D eigenvalue weighted by Gasteiger charge is 2.35. The minimum atomic E-state index is -4.78. The molecule has 0 radical (unpaired) electrons. The highest BCUT2D eigenvalue weighted by molar-refractivity contribution is 6.10. The number of alkyl halides is 3. The first-order valence-corrected chi connectivity index (χ1v) is 16.1. The number of ketones is 1. The molecule has 1 N–H and O–H groups in total. The Morgan fingerprint density at radius 1 is 0.792 bits per heavy atom. The molecular weight excluding hydrogens is 711 g/mol. The maximum absolute atomic E-state index is 13.8. The van der Waals surface area contributed by atoms with Crippen molar-refractivity contribution in [1.29, 1.82) is 0 Å². The van der Waals surface area contributed by atoms with Gasteiger partial charge in [-0.25, -0.2) is 14.4 Å². The number of methoxy groups -OCH3 is 2. The predicted octanol–water partition coefficient (Wildman–Crippen LogP) is 5.35. The molecule has 1 amide bonds. The summed E-state index contributed by atoms with van der Waals surface area (Å²) in [7, 11) is 2.97. The summed E-state index contributed by atoms with van der Waals surface area (Å²) in [5, 5.41) is 9.51. The van der Waals surface area contributed by atoms with Gasteiger partial charge in [0.1, 0.15) is 11.2 Å². The van der Waals surface area contributed by atoms with E-state index in [1.807, 2.05) is 0 Å². The van der Waals surface area contributed by atoms with E-state index in [0.717, 1.165) is 31.2 Å². The van der Waals surface area contributed by atoms with Gasteiger partial charge in [-0.2, -0.15) is 32.5 Å². The number of amides is 1. The highest BCUT2D eigenvalue weighted by atomic mass is 19.4. The molecule has 1 aromatic heterocycles. The summed E-state index contributed by atoms with van der Waals surface area (Å²) < 4.78 is 73.5. The standard InChI is InChI=1S/C34H42F3N5O11/c1-21(43)27(40-39-24-11-9-8-10-23(24)34(35,36)37)28(44)38-22-12-13-25-26(18-22)42(31(47)53-33(4,5)20-51-17-15-49-7)29(45)41(25)30(46)52-32(2,3)19-50-16-14-48-6/h8-13,18,27H,14-17,19-20H2,1-7H3,(H,38,44). The van der Waals surface area contributed by atoms with Crippen molar-refractivity contribution >= 4 is 46.3 Å². The molecule has 1 heterocycles. The molecule has 0 spiro atoms. The average molecular weight is 754 g/mol. The van der Waals surface area contributed by atoms with Crippen LogP contribution < -0.4 is 11.0 Å². The van der Waals surface area contributed by atoms with Crippen LogP contribution in [0.5, 0.6) is 0 Å². The first-order valence-electron chi connectivity index (χ1n) is 16.1. The number of hydrogen-bond acceptors (Lipinski definition) is 13. The number of nitrogens with zero attached hydrogens (tertiary/aromatic N) is 4. The lowest BCUT2D eigenvalue weighted by molar-refractivity contribution is -0.137. The van der Waals surface area contributed by atoms with Gasteiger partial charge in [0.2, 0.25) is 6.04 Å². The van der Waals surface area contributed by atoms with E-state index in [1.54, 1.807) is 13.8 Å². The molecular formula is C34H42F3N5O11. The lowest BCUT2D eigenvalue weighted by Crippen LogP contribution is -2.41. The van der Waals surface area contributed by atoms with Gasteiger partial charge in [-0.05, 0) is 65.0 Å². The number of rotatable bonds is 17. The third-order valence-electron chi connectivity index (χ3n) is 7.09. The Bertz CT molecular complexity index is 1870. The van der Waals surface area contributed by atoms with E-state index in [9.17, 15) is 37.1 Å². The zero-order valence-corrected chi connectivity index (χ0v) is 30.3. The molecule has 290 valence electrons. The van der Waals surface area contributed by atoms with Crippen LogP contribution >= 0.6 is 0 Å². The number of anilines is 1. The Morgan fingerprint density at radius 2 is 1.32 bits per heavy atom. The lowest BCUT2D eigenvalue weighted by atomic mass is 10.1. The van der Waals surface area contributed by atoms with Crippen LogP contribution in [0.4, 0.5) is 34.1 Å². The van der Waals surface area contributed by atoms with Crippen LogP contribution in [-0.2, 0) is 44.2 Å². The first-order chi connectivity index (χ1) is 24.8. The number of carbonyl (C=O) groups excluding carboxylic acids is 4. The van der Waals surface area contributed by atoms with Crippen LogP contribution in [0.15, 0.2) is 57.5 Å². The zero-order valence-electron chi connectivity index (χ0n) is 30.3. The minimum Gasteiger partial charge on any atom is -0.440 e. The van der Waals surface area contributed by atoms with E-state index < -0.39 is 64.2 Å². The van der Waals surface area contributed by atoms with E-state index in [4.69, 9.17) is 28.4 Å². The summed E-state index contributed by atoms with van der Waals surface area (Å²) in [5.74, 6) is -1.94. The van der Waals surface area contributed by atoms with E-state index in [1.165, 1.54) is 46.3 Å². The van der Waals surface area contributed by atoms with Crippen LogP contribution in [0.25, 0.3) is 11.0 Å². The van der Waals surface area contributed by atoms with Gasteiger partial charge in [0.05, 0.1) is 61.9 Å². The Morgan fingerprint density at radius 3 is 1.83 bits per heavy atom. The molecule has 1 atom stereocenters. The summed E-state index contributed by atoms with van der Waals surface area (Å²) in [4.78, 5) is 66.4. The van der Waals surface area contributed by atoms with Gasteiger partial charge in [0, 0.05) is 19.9 Å². The quantitative estimate of drug-likeness (QED) is 0.106. The van der Waals surface area contributed by atoms with Gasteiger partial charge in [-0.15, -0.1) is 0 Å². The fraction of sp³-hybridized carbons (Fsp3) is 0.500. The number of halogens is 3. The molecule has 1 unspecified atom stereocenters. The van der Waals surface area contributed by atoms with Gasteiger partial charge in [-0.3, -0.25) is 9.59 Å². The van der Waals surface area contributed by atoms with Crippen molar-refractivity contribution in [2.24, 2.45) is 10.2 Å². The third-order valence-corrected chi connectivity index (χ3v) is 7.09. The molecule has 0 saturated carbocycles. The average Bonchev–Trinajstić information content (AvgIpc) is 3.35. The number of imidazole rings is 1. The molecule has 2 aromatic carbocycles. The highest BCUT2D eigenvalue weighted by Crippen LogP contribution is 2.36. The number of fused-ring (bicyclic) bond motifs is 1. The SMILES string of the molecule is COCCOCC(C)(C)OC(=O)n1c(=O)n(C(=O)OC(C)(C)COCCOC)c2cc(NC(=O)C(N=Nc3ccccc3C(F)(F)F)C(C)=O)ccc21. The number of benzene rings is 2. The largest absolute Gasteiger partial charge is 0.440 e. The number of azo groups is 1. The lowest BCUT2D eigenvalue weighted by Gasteiger charge is -2.25. The van der Waals surface area contributed by atoms with Crippen LogP contribution in [-0.4, -0.2) is 104 Å². The maximum atomic E-state index is 13.8. The fourth-order valence-electron chi connectivity index (χ4n) is 4.62. The Hall–Kier alpha value is -4.98. The second kappa shape index (κ2) is 18.2. The summed E-state index contributed by atoms with van der Waals surface area (Å²) in [6.07, 6.45) is -7.16. The maximum Gasteiger partial charge on any atom is 0.423 e. The smallest absolute Gasteiger partial charge is 0.423 e. The Balaban J connectivity index is 2.02. The second-order valence-electron chi connectivity index (χ2n) is 12.7. The number of aromatic nitrogens is 2. The van der Waals surface area contributed by atoms with Gasteiger partial charge >= 0.3 is 24.1 Å². The Kier molecular flexibility index (Phi) is 14.6. The number of carbonyl (C=O) groups is 4. The van der Waals surface area contributed by atoms with Crippen LogP contribution in [0.3, 0.4) is 0 Å². The van der Waals surface area contributed by atoms with E-state index in [0.29, 0.717) is 9.13 Å². The van der Waals surface area contributed by atoms with E-state index in [-0.39, 0.29) is 56.4 Å². The third kappa shape index (κ3) is 11.8. The molecule has 0 aliphatic rings. The summed E-state index contributed by atoms with van der Waals surface area (Å²) >= 11 is 0. The van der Waals surface area contributed by atoms with Gasteiger partial charge in [-0.1, -0.05) is 12.1 Å². The molecule has 0 bridgehead atoms. The normalized spacial score (nSPS) is 12.9. The molecule has 19 heteroatoms. The van der Waals surface area contributed by atoms with Crippen molar-refractivity contribution in [3.8, 4) is 0 Å². The first kappa shape index (κ1) is 42.4. The monoisotopic (exact) mass is 753 g/mol. The molecule has 0 aliphatic heterocycles. The van der Waals surface area contributed by atoms with E-state index in [2.05, 4.69) is 15.5 Å². The van der Waals surface area contributed by atoms with Crippen molar-refractivity contribution < 1.29 is 60.8 Å². The molecule has 0 fully saturated rings. The predicted molar refractivity (Wildman–Crippen MR) is 183 cm³/mol. The minimum absolute atomic E-state index is 0.0680. The summed E-state index contributed by atoms with van der Waals surface area (Å²) in [5.41, 5.74) is -5.90. The summed E-state index contributed by atoms with van der Waals surface area (Å²) in [6, 6.07) is 5.95. The number of ether oxygens (including phenoxy) is 6. The van der Waals surface area contributed by atoms with Crippen molar-refractivity contribution in [2.75, 3.05) is 59.2 Å². The molecule has 3 aromatic rings. The van der Waals surface area contributed by atoms with Crippen molar-refractivity contribution in [3.63, 3.8) is 0 Å². The summed E-state index contributed by atoms with van der Waals surface area (Å²) in [6.45, 7) is 7.91. The topological polar surface area (TPSA) is 187 Å². The second-order valence-corrected chi connectivity index (χ2v) is 12.7. The van der Waals surface area contributed by atoms with Crippen LogP contribution in [0.2, 0.25) is 0 Å². The molecule has 0 aliphatic carbocycles. The van der Waals surface area contributed by atoms with Gasteiger partial charge in [0.25, 0.3) is 5.91 Å². The zero-order chi connectivity index (χ0) is 39.6. The molecule has 53 heavy (non-hydrogen) atoms. The van der Waals surface area contributed by atoms with Crippen molar-refractivity contribution in [2.45, 2.75) is 58.0 Å². The van der Waals surface area contributed by atoms with Crippen LogP contribution in [0, 0.1) is 0 Å². The number of nitrogens with one attached hydrogen (secondary N) is 1. The molecule has 3 rings (SSSR count). The molecule has 16 nitrogen and oxygen atoms in total. The number of Topliss-reactive ketones (excluding diaryl/α,β-unsaturated/α-hetero) is 1. The van der Waals surface area contributed by atoms with E-state index >= 15 is 0 Å². The van der Waals surface area contributed by atoms with Gasteiger partial charge in [0.15, 0.2) is 5.78 Å². The van der Waals surface area contributed by atoms with Gasteiger partial charge < -0.3 is 33.7 Å². The van der Waals surface area contributed by atoms with Crippen LogP contribution in [0.1, 0.15) is 40.2 Å². The van der Waals surface area contributed by atoms with Crippen molar-refractivity contribution in [1.82, 2.24) is 9.13 Å². The Labute approximate surface area is 302 Å².